The van der Waals surface area contributed by atoms with Gasteiger partial charge in [0.15, 0.2) is 34.9 Å². The summed E-state index contributed by atoms with van der Waals surface area (Å²) in [5, 5.41) is 3.78. The smallest absolute Gasteiger partial charge is 0.164 e. The molecule has 0 bridgehead atoms. The van der Waals surface area contributed by atoms with Crippen molar-refractivity contribution in [3.05, 3.63) is 170 Å². The minimum Gasteiger partial charge on any atom is -0.456 e. The molecule has 0 spiro atoms. The van der Waals surface area contributed by atoms with Crippen molar-refractivity contribution < 1.29 is 8.83 Å². The van der Waals surface area contributed by atoms with E-state index in [2.05, 4.69) is 18.2 Å². The van der Waals surface area contributed by atoms with Crippen LogP contribution in [0.25, 0.3) is 112 Å². The monoisotopic (exact) mass is 720 g/mol. The Morgan fingerprint density at radius 1 is 0.268 bits per heavy atom. The average Bonchev–Trinajstić information content (AvgIpc) is 3.85. The van der Waals surface area contributed by atoms with Crippen LogP contribution in [0.3, 0.4) is 0 Å². The van der Waals surface area contributed by atoms with E-state index in [0.717, 1.165) is 71.7 Å². The van der Waals surface area contributed by atoms with Crippen LogP contribution < -0.4 is 0 Å². The van der Waals surface area contributed by atoms with E-state index in [1.165, 1.54) is 0 Å². The highest BCUT2D eigenvalue weighted by Gasteiger charge is 2.22. The van der Waals surface area contributed by atoms with E-state index in [1.807, 2.05) is 152 Å². The Bertz CT molecular complexity index is 3190. The number of para-hydroxylation sites is 2. The average molecular weight is 721 g/mol. The molecule has 7 aromatic carbocycles. The molecule has 262 valence electrons. The Hall–Kier alpha value is -7.84. The molecule has 4 aromatic heterocycles. The second kappa shape index (κ2) is 12.9. The molecule has 0 aliphatic carbocycles. The molecular weight excluding hydrogens is 693 g/mol. The van der Waals surface area contributed by atoms with E-state index in [1.54, 1.807) is 0 Å². The molecule has 8 nitrogen and oxygen atoms in total. The number of fused-ring (bicyclic) bond motifs is 6. The van der Waals surface area contributed by atoms with Gasteiger partial charge in [0.25, 0.3) is 0 Å². The Morgan fingerprint density at radius 3 is 1.20 bits per heavy atom. The largest absolute Gasteiger partial charge is 0.456 e. The quantitative estimate of drug-likeness (QED) is 0.167. The van der Waals surface area contributed by atoms with Crippen molar-refractivity contribution in [1.82, 2.24) is 29.9 Å². The lowest BCUT2D eigenvalue weighted by Crippen LogP contribution is -2.02. The molecule has 0 amide bonds. The van der Waals surface area contributed by atoms with Crippen LogP contribution in [-0.4, -0.2) is 29.9 Å². The van der Waals surface area contributed by atoms with Crippen molar-refractivity contribution >= 4 is 43.9 Å². The summed E-state index contributed by atoms with van der Waals surface area (Å²) in [6, 6.07) is 56.0. The maximum Gasteiger partial charge on any atom is 0.164 e. The number of furan rings is 2. The van der Waals surface area contributed by atoms with E-state index in [-0.39, 0.29) is 0 Å². The van der Waals surface area contributed by atoms with Crippen molar-refractivity contribution in [3.63, 3.8) is 0 Å². The predicted octanol–water partition coefficient (Wildman–Crippen LogP) is 11.9. The number of hydrogen-bond acceptors (Lipinski definition) is 8. The summed E-state index contributed by atoms with van der Waals surface area (Å²) >= 11 is 0. The lowest BCUT2D eigenvalue weighted by Gasteiger charge is -2.12. The van der Waals surface area contributed by atoms with Gasteiger partial charge in [-0.2, -0.15) is 0 Å². The van der Waals surface area contributed by atoms with Gasteiger partial charge < -0.3 is 8.83 Å². The van der Waals surface area contributed by atoms with Crippen LogP contribution in [0.1, 0.15) is 0 Å². The van der Waals surface area contributed by atoms with Crippen LogP contribution in [0.15, 0.2) is 179 Å². The first-order valence-electron chi connectivity index (χ1n) is 18.3. The molecule has 8 heteroatoms. The van der Waals surface area contributed by atoms with Crippen molar-refractivity contribution in [3.8, 4) is 68.3 Å². The van der Waals surface area contributed by atoms with Crippen LogP contribution in [0, 0.1) is 0 Å². The van der Waals surface area contributed by atoms with Crippen LogP contribution in [0.4, 0.5) is 0 Å². The van der Waals surface area contributed by atoms with E-state index < -0.39 is 0 Å². The summed E-state index contributed by atoms with van der Waals surface area (Å²) < 4.78 is 12.8. The molecule has 0 aliphatic rings. The first-order valence-corrected chi connectivity index (χ1v) is 18.3. The van der Waals surface area contributed by atoms with Crippen LogP contribution in [0.2, 0.25) is 0 Å². The van der Waals surface area contributed by atoms with Crippen LogP contribution in [-0.2, 0) is 0 Å². The summed E-state index contributed by atoms with van der Waals surface area (Å²) in [6.45, 7) is 0. The molecule has 0 N–H and O–H groups in total. The van der Waals surface area contributed by atoms with E-state index in [4.69, 9.17) is 38.7 Å². The number of rotatable bonds is 6. The standard InChI is InChI=1S/C48H28N6O2/c1-4-15-29(16-5-1)43-49-44(30-17-6-2-7-18-30)53-48(52-43)36-27-32(28-40-42(36)34-22-11-13-25-38(34)56-40)46-50-45(31-19-8-3-9-20-31)51-47(54-46)35-23-14-26-39-41(35)33-21-10-12-24-37(33)55-39/h1-28H. The van der Waals surface area contributed by atoms with Gasteiger partial charge in [0.1, 0.15) is 22.3 Å². The summed E-state index contributed by atoms with van der Waals surface area (Å²) in [6.07, 6.45) is 0. The van der Waals surface area contributed by atoms with Crippen molar-refractivity contribution in [2.75, 3.05) is 0 Å². The SMILES string of the molecule is c1ccc(-c2nc(-c3cc(-c4nc(-c5ccccc5)nc(-c5ccccc5)n4)c4c(c3)oc3ccccc34)nc(-c3cccc4oc5ccccc5c34)n2)cc1. The van der Waals surface area contributed by atoms with E-state index in [9.17, 15) is 0 Å². The highest BCUT2D eigenvalue weighted by atomic mass is 16.3. The minimum absolute atomic E-state index is 0.475. The van der Waals surface area contributed by atoms with E-state index in [0.29, 0.717) is 40.5 Å². The molecule has 0 saturated heterocycles. The second-order valence-corrected chi connectivity index (χ2v) is 13.5. The normalized spacial score (nSPS) is 11.6. The fraction of sp³-hybridized carbons (Fsp3) is 0. The first kappa shape index (κ1) is 31.7. The zero-order valence-electron chi connectivity index (χ0n) is 29.7. The molecule has 0 radical (unpaired) electrons. The molecular formula is C48H28N6O2. The molecule has 11 rings (SSSR count). The molecule has 0 saturated carbocycles. The van der Waals surface area contributed by atoms with Crippen molar-refractivity contribution in [2.45, 2.75) is 0 Å². The molecule has 4 heterocycles. The van der Waals surface area contributed by atoms with Gasteiger partial charge in [-0.3, -0.25) is 0 Å². The lowest BCUT2D eigenvalue weighted by molar-refractivity contribution is 0.668. The highest BCUT2D eigenvalue weighted by Crippen LogP contribution is 2.41. The maximum atomic E-state index is 6.58. The van der Waals surface area contributed by atoms with E-state index >= 15 is 0 Å². The van der Waals surface area contributed by atoms with Gasteiger partial charge in [-0.25, -0.2) is 29.9 Å². The fourth-order valence-electron chi connectivity index (χ4n) is 7.39. The topological polar surface area (TPSA) is 104 Å². The Labute approximate surface area is 319 Å². The Balaban J connectivity index is 1.19. The predicted molar refractivity (Wildman–Crippen MR) is 220 cm³/mol. The molecule has 0 unspecified atom stereocenters. The molecule has 0 atom stereocenters. The minimum atomic E-state index is 0.475. The maximum absolute atomic E-state index is 6.58. The second-order valence-electron chi connectivity index (χ2n) is 13.5. The summed E-state index contributed by atoms with van der Waals surface area (Å²) in [7, 11) is 0. The van der Waals surface area contributed by atoms with Crippen molar-refractivity contribution in [2.24, 2.45) is 0 Å². The lowest BCUT2D eigenvalue weighted by atomic mass is 10.0. The zero-order valence-corrected chi connectivity index (χ0v) is 29.7. The molecule has 0 fully saturated rings. The van der Waals surface area contributed by atoms with Crippen LogP contribution >= 0.6 is 0 Å². The van der Waals surface area contributed by atoms with Gasteiger partial charge in [-0.15, -0.1) is 0 Å². The van der Waals surface area contributed by atoms with Crippen LogP contribution in [0.5, 0.6) is 0 Å². The van der Waals surface area contributed by atoms with Gasteiger partial charge >= 0.3 is 0 Å². The summed E-state index contributed by atoms with van der Waals surface area (Å²) in [5.41, 5.74) is 7.94. The summed E-state index contributed by atoms with van der Waals surface area (Å²) in [5.74, 6) is 3.17. The number of nitrogens with zero attached hydrogens (tertiary/aromatic N) is 6. The molecule has 0 aliphatic heterocycles. The molecule has 11 aromatic rings. The number of hydrogen-bond donors (Lipinski definition) is 0. The highest BCUT2D eigenvalue weighted by molar-refractivity contribution is 6.14. The van der Waals surface area contributed by atoms with Gasteiger partial charge in [0.05, 0.1) is 0 Å². The third-order valence-corrected chi connectivity index (χ3v) is 9.99. The zero-order chi connectivity index (χ0) is 37.0. The van der Waals surface area contributed by atoms with Gasteiger partial charge in [-0.1, -0.05) is 140 Å². The third kappa shape index (κ3) is 5.39. The van der Waals surface area contributed by atoms with Gasteiger partial charge in [-0.05, 0) is 30.3 Å². The summed E-state index contributed by atoms with van der Waals surface area (Å²) in [4.78, 5) is 30.6. The van der Waals surface area contributed by atoms with Gasteiger partial charge in [0, 0.05) is 54.9 Å². The number of benzene rings is 7. The molecule has 56 heavy (non-hydrogen) atoms. The number of aromatic nitrogens is 6. The third-order valence-electron chi connectivity index (χ3n) is 9.99. The van der Waals surface area contributed by atoms with Gasteiger partial charge in [0.2, 0.25) is 0 Å². The Morgan fingerprint density at radius 2 is 0.661 bits per heavy atom. The first-order chi connectivity index (χ1) is 27.7. The van der Waals surface area contributed by atoms with Crippen molar-refractivity contribution in [1.29, 1.82) is 0 Å². The Kier molecular flexibility index (Phi) is 7.31. The fourth-order valence-corrected chi connectivity index (χ4v) is 7.39.